The first-order valence-corrected chi connectivity index (χ1v) is 13.8. The Morgan fingerprint density at radius 2 is 1.50 bits per heavy atom. The summed E-state index contributed by atoms with van der Waals surface area (Å²) < 4.78 is 0. The van der Waals surface area contributed by atoms with Gasteiger partial charge >= 0.3 is 0 Å². The molecule has 2 nitrogen and oxygen atoms in total. The van der Waals surface area contributed by atoms with Crippen molar-refractivity contribution in [1.29, 1.82) is 0 Å². The van der Waals surface area contributed by atoms with Gasteiger partial charge in [-0.25, -0.2) is 0 Å². The first-order chi connectivity index (χ1) is 14.8. The van der Waals surface area contributed by atoms with Crippen molar-refractivity contribution in [3.63, 3.8) is 0 Å². The van der Waals surface area contributed by atoms with Gasteiger partial charge in [-0.2, -0.15) is 0 Å². The Hall–Kier alpha value is -0.340. The number of rotatable bonds is 2. The quantitative estimate of drug-likeness (QED) is 0.452. The number of aliphatic hydroxyl groups excluding tert-OH is 2. The zero-order valence-electron chi connectivity index (χ0n) is 21.8. The van der Waals surface area contributed by atoms with Gasteiger partial charge in [-0.05, 0) is 126 Å². The largest absolute Gasteiger partial charge is 0.393 e. The van der Waals surface area contributed by atoms with E-state index in [4.69, 9.17) is 0 Å². The van der Waals surface area contributed by atoms with E-state index >= 15 is 0 Å². The molecule has 5 aliphatic rings. The third-order valence-electron chi connectivity index (χ3n) is 13.6. The first-order valence-electron chi connectivity index (χ1n) is 13.8. The van der Waals surface area contributed by atoms with E-state index in [1.165, 1.54) is 57.8 Å². The van der Waals surface area contributed by atoms with Crippen molar-refractivity contribution in [2.75, 3.05) is 6.61 Å². The molecule has 0 bridgehead atoms. The van der Waals surface area contributed by atoms with Crippen LogP contribution in [0.5, 0.6) is 0 Å². The average molecular weight is 443 g/mol. The third kappa shape index (κ3) is 2.72. The van der Waals surface area contributed by atoms with Crippen molar-refractivity contribution in [2.45, 2.75) is 112 Å². The summed E-state index contributed by atoms with van der Waals surface area (Å²) >= 11 is 0. The predicted molar refractivity (Wildman–Crippen MR) is 132 cm³/mol. The molecule has 0 spiro atoms. The highest BCUT2D eigenvalue weighted by Gasteiger charge is 2.70. The summed E-state index contributed by atoms with van der Waals surface area (Å²) in [5, 5.41) is 20.9. The van der Waals surface area contributed by atoms with E-state index in [0.717, 1.165) is 23.8 Å². The molecule has 0 radical (unpaired) electrons. The Morgan fingerprint density at radius 1 is 0.781 bits per heavy atom. The molecule has 0 unspecified atom stereocenters. The molecule has 0 saturated heterocycles. The van der Waals surface area contributed by atoms with Crippen LogP contribution in [0.3, 0.4) is 0 Å². The van der Waals surface area contributed by atoms with Gasteiger partial charge in [0.15, 0.2) is 0 Å². The highest BCUT2D eigenvalue weighted by atomic mass is 16.3. The maximum Gasteiger partial charge on any atom is 0.0641 e. The van der Waals surface area contributed by atoms with Gasteiger partial charge in [0.25, 0.3) is 0 Å². The van der Waals surface area contributed by atoms with Crippen molar-refractivity contribution in [3.8, 4) is 0 Å². The number of fused-ring (bicyclic) bond motifs is 7. The fourth-order valence-corrected chi connectivity index (χ4v) is 11.5. The normalized spacial score (nSPS) is 56.5. The summed E-state index contributed by atoms with van der Waals surface area (Å²) in [6.07, 6.45) is 12.7. The van der Waals surface area contributed by atoms with Crippen LogP contribution in [0.2, 0.25) is 0 Å². The van der Waals surface area contributed by atoms with Crippen LogP contribution in [0.15, 0.2) is 12.2 Å². The van der Waals surface area contributed by atoms with Crippen LogP contribution in [0.1, 0.15) is 106 Å². The van der Waals surface area contributed by atoms with Crippen molar-refractivity contribution in [3.05, 3.63) is 12.2 Å². The molecule has 2 heteroatoms. The van der Waals surface area contributed by atoms with Crippen LogP contribution in [0.4, 0.5) is 0 Å². The standard InChI is InChI=1S/C30H50O2/c1-19(18-31)20-10-13-27(4)16-17-29(6)21(25(20)27)8-9-23-28(5)14-12-24(32)26(2,3)22(28)11-15-30(23,29)7/h20-25,31-32H,1,8-18H2,2-7H3/t20-,21+,22+,23+,24-,25+,27+,28-,29+,30+/m0/s1. The highest BCUT2D eigenvalue weighted by Crippen LogP contribution is 2.77. The van der Waals surface area contributed by atoms with E-state index < -0.39 is 0 Å². The van der Waals surface area contributed by atoms with Gasteiger partial charge in [0.1, 0.15) is 0 Å². The van der Waals surface area contributed by atoms with Crippen LogP contribution >= 0.6 is 0 Å². The molecule has 0 aromatic carbocycles. The van der Waals surface area contributed by atoms with Gasteiger partial charge in [0, 0.05) is 0 Å². The molecule has 0 heterocycles. The summed E-state index contributed by atoms with van der Waals surface area (Å²) in [6.45, 7) is 19.8. The second-order valence-corrected chi connectivity index (χ2v) is 14.7. The van der Waals surface area contributed by atoms with Crippen molar-refractivity contribution < 1.29 is 10.2 Å². The summed E-state index contributed by atoms with van der Waals surface area (Å²) in [7, 11) is 0. The van der Waals surface area contributed by atoms with Gasteiger partial charge < -0.3 is 10.2 Å². The number of hydrogen-bond acceptors (Lipinski definition) is 2. The lowest BCUT2D eigenvalue weighted by molar-refractivity contribution is -0.246. The van der Waals surface area contributed by atoms with E-state index in [0.29, 0.717) is 39.4 Å². The fraction of sp³-hybridized carbons (Fsp3) is 0.933. The van der Waals surface area contributed by atoms with E-state index in [1.54, 1.807) is 0 Å². The summed E-state index contributed by atoms with van der Waals surface area (Å²) in [5.74, 6) is 3.39. The van der Waals surface area contributed by atoms with Gasteiger partial charge in [-0.15, -0.1) is 0 Å². The Balaban J connectivity index is 1.53. The fourth-order valence-electron chi connectivity index (χ4n) is 11.5. The Labute approximate surface area is 197 Å². The van der Waals surface area contributed by atoms with Crippen molar-refractivity contribution in [2.24, 2.45) is 56.7 Å². The molecule has 5 aliphatic carbocycles. The molecule has 182 valence electrons. The topological polar surface area (TPSA) is 40.5 Å². The van der Waals surface area contributed by atoms with Crippen LogP contribution in [-0.4, -0.2) is 22.9 Å². The van der Waals surface area contributed by atoms with Crippen LogP contribution in [0.25, 0.3) is 0 Å². The lowest BCUT2D eigenvalue weighted by Gasteiger charge is -2.73. The average Bonchev–Trinajstić information content (AvgIpc) is 3.09. The number of hydrogen-bond donors (Lipinski definition) is 2. The van der Waals surface area contributed by atoms with Gasteiger partial charge in [0.2, 0.25) is 0 Å². The molecule has 32 heavy (non-hydrogen) atoms. The first kappa shape index (κ1) is 23.4. The smallest absolute Gasteiger partial charge is 0.0641 e. The summed E-state index contributed by atoms with van der Waals surface area (Å²) in [4.78, 5) is 0. The maximum atomic E-state index is 10.9. The van der Waals surface area contributed by atoms with Gasteiger partial charge in [-0.1, -0.05) is 48.1 Å². The van der Waals surface area contributed by atoms with Crippen LogP contribution < -0.4 is 0 Å². The lowest BCUT2D eigenvalue weighted by atomic mass is 9.32. The zero-order valence-corrected chi connectivity index (χ0v) is 21.8. The van der Waals surface area contributed by atoms with E-state index in [2.05, 4.69) is 48.1 Å². The van der Waals surface area contributed by atoms with Crippen LogP contribution in [0, 0.1) is 56.7 Å². The predicted octanol–water partition coefficient (Wildman–Crippen LogP) is 7.00. The molecular formula is C30H50O2. The summed E-state index contributed by atoms with van der Waals surface area (Å²) in [5.41, 5.74) is 2.70. The highest BCUT2D eigenvalue weighted by molar-refractivity contribution is 5.21. The second-order valence-electron chi connectivity index (χ2n) is 14.7. The van der Waals surface area contributed by atoms with E-state index in [1.807, 2.05) is 0 Å². The monoisotopic (exact) mass is 442 g/mol. The maximum absolute atomic E-state index is 10.9. The SMILES string of the molecule is C=C(CO)[C@@H]1CC[C@]2(C)CC[C@]3(C)[C@H](CC[C@@H]4[C@@]5(C)CC[C@H](O)C(C)(C)[C@H]5CC[C@]43C)[C@@H]12. The molecule has 0 aliphatic heterocycles. The molecular weight excluding hydrogens is 392 g/mol. The minimum atomic E-state index is -0.143. The van der Waals surface area contributed by atoms with Gasteiger partial charge in [0.05, 0.1) is 12.7 Å². The molecule has 0 amide bonds. The van der Waals surface area contributed by atoms with E-state index in [-0.39, 0.29) is 18.1 Å². The van der Waals surface area contributed by atoms with E-state index in [9.17, 15) is 10.2 Å². The Bertz CT molecular complexity index is 786. The molecule has 5 fully saturated rings. The van der Waals surface area contributed by atoms with Crippen molar-refractivity contribution in [1.82, 2.24) is 0 Å². The number of aliphatic hydroxyl groups is 2. The zero-order chi connectivity index (χ0) is 23.3. The Kier molecular flexibility index (Phi) is 5.19. The molecule has 5 saturated carbocycles. The van der Waals surface area contributed by atoms with Gasteiger partial charge in [-0.3, -0.25) is 0 Å². The summed E-state index contributed by atoms with van der Waals surface area (Å²) in [6, 6.07) is 0. The third-order valence-corrected chi connectivity index (χ3v) is 13.6. The molecule has 0 aromatic heterocycles. The second kappa shape index (κ2) is 7.09. The molecule has 5 rings (SSSR count). The minimum absolute atomic E-state index is 0.0344. The van der Waals surface area contributed by atoms with Crippen LogP contribution in [-0.2, 0) is 0 Å². The lowest BCUT2D eigenvalue weighted by Crippen LogP contribution is -2.66. The van der Waals surface area contributed by atoms with Crippen molar-refractivity contribution >= 4 is 0 Å². The molecule has 2 N–H and O–H groups in total. The molecule has 0 aromatic rings. The molecule has 10 atom stereocenters. The minimum Gasteiger partial charge on any atom is -0.393 e. The Morgan fingerprint density at radius 3 is 2.19 bits per heavy atom.